The number of carbonyl (C=O) groups excluding carboxylic acids is 1. The first kappa shape index (κ1) is 9.21. The predicted molar refractivity (Wildman–Crippen MR) is 40.4 cm³/mol. The van der Waals surface area contributed by atoms with E-state index in [2.05, 4.69) is 0 Å². The number of hydrogen-bond acceptors (Lipinski definition) is 2. The molecule has 0 atom stereocenters. The van der Waals surface area contributed by atoms with Crippen LogP contribution in [-0.2, 0) is 9.53 Å². The smallest absolute Gasteiger partial charge is 0.313 e. The molecular formula is C8H14O2. The normalized spacial score (nSPS) is 10.8. The van der Waals surface area contributed by atoms with Crippen LogP contribution in [-0.4, -0.2) is 5.97 Å². The van der Waals surface area contributed by atoms with Gasteiger partial charge in [-0.15, -0.1) is 0 Å². The molecule has 0 spiro atoms. The molecule has 0 unspecified atom stereocenters. The highest BCUT2D eigenvalue weighted by molar-refractivity contribution is 5.72. The van der Waals surface area contributed by atoms with Gasteiger partial charge in [-0.3, -0.25) is 4.79 Å². The van der Waals surface area contributed by atoms with Crippen molar-refractivity contribution in [3.63, 3.8) is 0 Å². The molecule has 0 aliphatic carbocycles. The Morgan fingerprint density at radius 1 is 1.60 bits per heavy atom. The zero-order chi connectivity index (χ0) is 7.98. The topological polar surface area (TPSA) is 26.3 Å². The summed E-state index contributed by atoms with van der Waals surface area (Å²) in [5.41, 5.74) is 0. The van der Waals surface area contributed by atoms with Crippen LogP contribution in [0, 0.1) is 5.92 Å². The number of carbonyl (C=O) groups is 1. The maximum atomic E-state index is 10.7. The molecule has 0 aromatic carbocycles. The largest absolute Gasteiger partial charge is 0.435 e. The summed E-state index contributed by atoms with van der Waals surface area (Å²) in [6.07, 6.45) is 4.15. The minimum atomic E-state index is -0.176. The maximum Gasteiger partial charge on any atom is 0.313 e. The molecule has 0 amide bonds. The van der Waals surface area contributed by atoms with Crippen molar-refractivity contribution >= 4 is 5.97 Å². The molecule has 0 aliphatic rings. The SMILES string of the molecule is CCC=COC(=O)C(C)C. The summed E-state index contributed by atoms with van der Waals surface area (Å²) in [5, 5.41) is 0. The fourth-order valence-corrected chi connectivity index (χ4v) is 0.347. The van der Waals surface area contributed by atoms with E-state index in [0.29, 0.717) is 0 Å². The molecule has 0 radical (unpaired) electrons. The van der Waals surface area contributed by atoms with E-state index >= 15 is 0 Å². The van der Waals surface area contributed by atoms with Crippen LogP contribution in [0.4, 0.5) is 0 Å². The quantitative estimate of drug-likeness (QED) is 0.445. The van der Waals surface area contributed by atoms with Crippen LogP contribution in [0.1, 0.15) is 27.2 Å². The third-order valence-corrected chi connectivity index (χ3v) is 0.988. The Morgan fingerprint density at radius 2 is 2.20 bits per heavy atom. The Balaban J connectivity index is 3.49. The van der Waals surface area contributed by atoms with Gasteiger partial charge in [0.15, 0.2) is 0 Å². The summed E-state index contributed by atoms with van der Waals surface area (Å²) in [6.45, 7) is 5.60. The van der Waals surface area contributed by atoms with Crippen molar-refractivity contribution in [3.8, 4) is 0 Å². The molecule has 0 aliphatic heterocycles. The lowest BCUT2D eigenvalue weighted by atomic mass is 10.2. The van der Waals surface area contributed by atoms with Gasteiger partial charge in [-0.2, -0.15) is 0 Å². The monoisotopic (exact) mass is 142 g/mol. The van der Waals surface area contributed by atoms with Gasteiger partial charge in [0.1, 0.15) is 0 Å². The highest BCUT2D eigenvalue weighted by Gasteiger charge is 2.04. The summed E-state index contributed by atoms with van der Waals surface area (Å²) < 4.78 is 4.72. The van der Waals surface area contributed by atoms with Crippen molar-refractivity contribution in [2.45, 2.75) is 27.2 Å². The third kappa shape index (κ3) is 4.13. The van der Waals surface area contributed by atoms with Gasteiger partial charge in [0.2, 0.25) is 0 Å². The summed E-state index contributed by atoms with van der Waals surface area (Å²) in [4.78, 5) is 10.7. The number of rotatable bonds is 3. The zero-order valence-electron chi connectivity index (χ0n) is 6.76. The second-order valence-electron chi connectivity index (χ2n) is 2.37. The van der Waals surface area contributed by atoms with Gasteiger partial charge in [-0.25, -0.2) is 0 Å². The van der Waals surface area contributed by atoms with Crippen LogP contribution >= 0.6 is 0 Å². The maximum absolute atomic E-state index is 10.7. The number of allylic oxidation sites excluding steroid dienone is 1. The van der Waals surface area contributed by atoms with E-state index in [-0.39, 0.29) is 11.9 Å². The highest BCUT2D eigenvalue weighted by atomic mass is 16.5. The van der Waals surface area contributed by atoms with Gasteiger partial charge >= 0.3 is 5.97 Å². The lowest BCUT2D eigenvalue weighted by Gasteiger charge is -1.99. The summed E-state index contributed by atoms with van der Waals surface area (Å²) in [6, 6.07) is 0. The number of ether oxygens (including phenoxy) is 1. The first-order valence-electron chi connectivity index (χ1n) is 3.54. The lowest BCUT2D eigenvalue weighted by Crippen LogP contribution is -2.07. The van der Waals surface area contributed by atoms with E-state index in [1.54, 1.807) is 6.08 Å². The van der Waals surface area contributed by atoms with Crippen molar-refractivity contribution in [1.82, 2.24) is 0 Å². The van der Waals surface area contributed by atoms with Crippen LogP contribution in [0.15, 0.2) is 12.3 Å². The molecule has 0 N–H and O–H groups in total. The second-order valence-corrected chi connectivity index (χ2v) is 2.37. The summed E-state index contributed by atoms with van der Waals surface area (Å²) in [5.74, 6) is -0.216. The average molecular weight is 142 g/mol. The fraction of sp³-hybridized carbons (Fsp3) is 0.625. The molecular weight excluding hydrogens is 128 g/mol. The predicted octanol–water partition coefficient (Wildman–Crippen LogP) is 2.11. The van der Waals surface area contributed by atoms with E-state index < -0.39 is 0 Å². The Labute approximate surface area is 61.9 Å². The standard InChI is InChI=1S/C8H14O2/c1-4-5-6-10-8(9)7(2)3/h5-7H,4H2,1-3H3. The minimum absolute atomic E-state index is 0.0403. The summed E-state index contributed by atoms with van der Waals surface area (Å²) >= 11 is 0. The Kier molecular flexibility index (Phi) is 4.63. The van der Waals surface area contributed by atoms with Gasteiger partial charge < -0.3 is 4.74 Å². The van der Waals surface area contributed by atoms with Crippen LogP contribution in [0.5, 0.6) is 0 Å². The van der Waals surface area contributed by atoms with Crippen LogP contribution in [0.2, 0.25) is 0 Å². The molecule has 0 fully saturated rings. The first-order chi connectivity index (χ1) is 4.68. The van der Waals surface area contributed by atoms with E-state index in [4.69, 9.17) is 4.74 Å². The highest BCUT2D eigenvalue weighted by Crippen LogP contribution is 1.96. The molecule has 2 nitrogen and oxygen atoms in total. The second kappa shape index (κ2) is 5.03. The Bertz CT molecular complexity index is 125. The van der Waals surface area contributed by atoms with Crippen LogP contribution in [0.25, 0.3) is 0 Å². The van der Waals surface area contributed by atoms with Crippen molar-refractivity contribution in [1.29, 1.82) is 0 Å². The van der Waals surface area contributed by atoms with Crippen molar-refractivity contribution in [2.75, 3.05) is 0 Å². The Hall–Kier alpha value is -0.790. The summed E-state index contributed by atoms with van der Waals surface area (Å²) in [7, 11) is 0. The van der Waals surface area contributed by atoms with Gasteiger partial charge in [-0.1, -0.05) is 20.8 Å². The lowest BCUT2D eigenvalue weighted by molar-refractivity contribution is -0.141. The van der Waals surface area contributed by atoms with Crippen molar-refractivity contribution in [3.05, 3.63) is 12.3 Å². The van der Waals surface area contributed by atoms with E-state index in [0.717, 1.165) is 6.42 Å². The Morgan fingerprint density at radius 3 is 2.60 bits per heavy atom. The molecule has 0 saturated heterocycles. The third-order valence-electron chi connectivity index (χ3n) is 0.988. The molecule has 2 heteroatoms. The number of hydrogen-bond donors (Lipinski definition) is 0. The molecule has 58 valence electrons. The zero-order valence-corrected chi connectivity index (χ0v) is 6.76. The molecule has 0 bridgehead atoms. The number of esters is 1. The van der Waals surface area contributed by atoms with E-state index in [1.165, 1.54) is 6.26 Å². The molecule has 10 heavy (non-hydrogen) atoms. The van der Waals surface area contributed by atoms with Crippen LogP contribution < -0.4 is 0 Å². The van der Waals surface area contributed by atoms with Gasteiger partial charge in [0, 0.05) is 0 Å². The average Bonchev–Trinajstić information content (AvgIpc) is 1.88. The van der Waals surface area contributed by atoms with Crippen molar-refractivity contribution < 1.29 is 9.53 Å². The van der Waals surface area contributed by atoms with E-state index in [1.807, 2.05) is 20.8 Å². The fourth-order valence-electron chi connectivity index (χ4n) is 0.347. The first-order valence-corrected chi connectivity index (χ1v) is 3.54. The molecule has 0 saturated carbocycles. The molecule has 0 aromatic rings. The van der Waals surface area contributed by atoms with Gasteiger partial charge in [-0.05, 0) is 12.5 Å². The van der Waals surface area contributed by atoms with Gasteiger partial charge in [0.25, 0.3) is 0 Å². The molecule has 0 heterocycles. The van der Waals surface area contributed by atoms with E-state index in [9.17, 15) is 4.79 Å². The minimum Gasteiger partial charge on any atom is -0.435 e. The van der Waals surface area contributed by atoms with Crippen LogP contribution in [0.3, 0.4) is 0 Å². The van der Waals surface area contributed by atoms with Crippen molar-refractivity contribution in [2.24, 2.45) is 5.92 Å². The molecule has 0 rings (SSSR count). The molecule has 0 aromatic heterocycles. The van der Waals surface area contributed by atoms with Gasteiger partial charge in [0.05, 0.1) is 12.2 Å².